The van der Waals surface area contributed by atoms with E-state index in [9.17, 15) is 0 Å². The van der Waals surface area contributed by atoms with E-state index in [1.807, 2.05) is 118 Å². The van der Waals surface area contributed by atoms with Crippen molar-refractivity contribution in [3.05, 3.63) is 109 Å². The molecule has 2 aromatic heterocycles. The molecule has 2 aliphatic heterocycles. The molecule has 0 saturated heterocycles. The van der Waals surface area contributed by atoms with Crippen molar-refractivity contribution in [3.63, 3.8) is 0 Å². The molecular formula is C34H24N8OPt. The van der Waals surface area contributed by atoms with Crippen LogP contribution < -0.4 is 14.5 Å². The Labute approximate surface area is 268 Å². The molecule has 0 aliphatic carbocycles. The van der Waals surface area contributed by atoms with E-state index in [4.69, 9.17) is 14.7 Å². The normalized spacial score (nSPS) is 12.8. The van der Waals surface area contributed by atoms with Crippen molar-refractivity contribution < 1.29 is 25.8 Å². The summed E-state index contributed by atoms with van der Waals surface area (Å²) in [5, 5.41) is 0. The average Bonchev–Trinajstić information content (AvgIpc) is 3.46. The van der Waals surface area contributed by atoms with Gasteiger partial charge < -0.3 is 33.7 Å². The molecule has 216 valence electrons. The van der Waals surface area contributed by atoms with Crippen LogP contribution in [0.25, 0.3) is 22.3 Å². The monoisotopic (exact) mass is 755 g/mol. The van der Waals surface area contributed by atoms with Gasteiger partial charge in [0.2, 0.25) is 11.8 Å². The van der Waals surface area contributed by atoms with Crippen LogP contribution in [0.1, 0.15) is 0 Å². The number of fused-ring (bicyclic) bond motifs is 6. The molecule has 8 rings (SSSR count). The zero-order valence-corrected chi connectivity index (χ0v) is 26.0. The van der Waals surface area contributed by atoms with Crippen LogP contribution in [-0.4, -0.2) is 31.8 Å². The fraction of sp³-hybridized carbons (Fsp3) is 0.0588. The molecule has 4 aromatic carbocycles. The molecule has 0 fully saturated rings. The van der Waals surface area contributed by atoms with Gasteiger partial charge in [0.15, 0.2) is 0 Å². The topological polar surface area (TPSA) is 76.1 Å². The van der Waals surface area contributed by atoms with Gasteiger partial charge in [-0.15, -0.1) is 0 Å². The fourth-order valence-electron chi connectivity index (χ4n) is 5.49. The molecule has 0 spiro atoms. The van der Waals surface area contributed by atoms with Crippen molar-refractivity contribution in [1.29, 1.82) is 0 Å². The van der Waals surface area contributed by atoms with Gasteiger partial charge in [0.1, 0.15) is 11.9 Å². The zero-order chi connectivity index (χ0) is 28.9. The summed E-state index contributed by atoms with van der Waals surface area (Å²) in [5.74, 6) is 2.00. The van der Waals surface area contributed by atoms with Crippen LogP contribution in [0.4, 0.5) is 34.6 Å². The van der Waals surface area contributed by atoms with E-state index in [2.05, 4.69) is 46.9 Å². The van der Waals surface area contributed by atoms with Crippen molar-refractivity contribution in [2.75, 3.05) is 9.80 Å². The minimum atomic E-state index is 0. The molecule has 4 heterocycles. The van der Waals surface area contributed by atoms with Gasteiger partial charge in [0.05, 0.1) is 12.4 Å². The summed E-state index contributed by atoms with van der Waals surface area (Å²) in [5.41, 5.74) is 7.72. The Bertz CT molecular complexity index is 1930. The molecule has 0 unspecified atom stereocenters. The summed E-state index contributed by atoms with van der Waals surface area (Å²) < 4.78 is 9.98. The third kappa shape index (κ3) is 4.62. The van der Waals surface area contributed by atoms with Crippen LogP contribution in [-0.2, 0) is 35.2 Å². The third-order valence-electron chi connectivity index (χ3n) is 7.49. The van der Waals surface area contributed by atoms with E-state index < -0.39 is 0 Å². The predicted octanol–water partition coefficient (Wildman–Crippen LogP) is 7.65. The molecule has 0 atom stereocenters. The summed E-state index contributed by atoms with van der Waals surface area (Å²) in [6.45, 7) is 0. The number of rotatable bonds is 4. The average molecular weight is 756 g/mol. The molecule has 0 saturated carbocycles. The number of para-hydroxylation sites is 4. The maximum Gasteiger partial charge on any atom is 2.00 e. The Hall–Kier alpha value is -5.27. The summed E-state index contributed by atoms with van der Waals surface area (Å²) >= 11 is 0. The molecular weight excluding hydrogens is 732 g/mol. The smallest absolute Gasteiger partial charge is 0.419 e. The van der Waals surface area contributed by atoms with E-state index >= 15 is 0 Å². The molecule has 0 N–H and O–H groups in total. The Kier molecular flexibility index (Phi) is 6.95. The minimum Gasteiger partial charge on any atom is -0.419 e. The van der Waals surface area contributed by atoms with E-state index in [-0.39, 0.29) is 21.1 Å². The molecule has 0 bridgehead atoms. The number of nitrogens with zero attached hydrogens (tertiary/aromatic N) is 8. The molecule has 2 aliphatic rings. The number of imidazole rings is 2. The van der Waals surface area contributed by atoms with Crippen LogP contribution in [0.3, 0.4) is 0 Å². The fourth-order valence-corrected chi connectivity index (χ4v) is 5.49. The molecule has 6 aromatic rings. The predicted molar refractivity (Wildman–Crippen MR) is 169 cm³/mol. The number of aromatic nitrogens is 4. The Morgan fingerprint density at radius 2 is 0.909 bits per heavy atom. The molecule has 0 amide bonds. The summed E-state index contributed by atoms with van der Waals surface area (Å²) in [6, 6.07) is 32.4. The second-order valence-corrected chi connectivity index (χ2v) is 10.2. The molecule has 10 heteroatoms. The van der Waals surface area contributed by atoms with E-state index in [1.54, 1.807) is 0 Å². The number of aliphatic imine (C=N–C) groups is 2. The van der Waals surface area contributed by atoms with Crippen LogP contribution >= 0.6 is 0 Å². The standard InChI is InChI=1S/C34H24N8O.Pt/c1-39-19-31(37-33(39)41-21-35-27-15-7-3-11-23(27)25-13-5-9-17-29(25)41)43-32-20-40(2)34(38-32)42-22-36-28-16-8-4-12-24(28)26-14-6-10-18-30(26)42;/h3-20H,1-2H3;/q-2;+2. The third-order valence-corrected chi connectivity index (χ3v) is 7.49. The second kappa shape index (κ2) is 11.1. The van der Waals surface area contributed by atoms with Crippen molar-refractivity contribution >= 4 is 47.3 Å². The van der Waals surface area contributed by atoms with Crippen molar-refractivity contribution in [2.24, 2.45) is 24.1 Å². The van der Waals surface area contributed by atoms with Gasteiger partial charge in [-0.3, -0.25) is 0 Å². The van der Waals surface area contributed by atoms with E-state index in [0.29, 0.717) is 23.7 Å². The van der Waals surface area contributed by atoms with Gasteiger partial charge in [0.25, 0.3) is 0 Å². The quantitative estimate of drug-likeness (QED) is 0.173. The number of hydrogen-bond donors (Lipinski definition) is 0. The number of aryl methyl sites for hydroxylation is 2. The first-order valence-electron chi connectivity index (χ1n) is 13.8. The SMILES string of the molecule is Cn1cc(Oc2cn(C)c(N3[C-]=Nc4ccccc4-c4ccccc43)n2)nc1N1[C-]=Nc2ccccc2-c2ccccc21.[Pt+2]. The van der Waals surface area contributed by atoms with E-state index in [1.165, 1.54) is 0 Å². The van der Waals surface area contributed by atoms with Crippen molar-refractivity contribution in [3.8, 4) is 34.0 Å². The molecule has 9 nitrogen and oxygen atoms in total. The van der Waals surface area contributed by atoms with Gasteiger partial charge in [-0.1, -0.05) is 97.1 Å². The molecule has 44 heavy (non-hydrogen) atoms. The van der Waals surface area contributed by atoms with Gasteiger partial charge in [-0.25, -0.2) is 9.97 Å². The second-order valence-electron chi connectivity index (χ2n) is 10.2. The number of anilines is 4. The van der Waals surface area contributed by atoms with E-state index in [0.717, 1.165) is 45.0 Å². The van der Waals surface area contributed by atoms with Crippen LogP contribution in [0, 0.1) is 0 Å². The number of benzene rings is 4. The first-order valence-corrected chi connectivity index (χ1v) is 13.8. The number of ether oxygens (including phenoxy) is 1. The van der Waals surface area contributed by atoms with Gasteiger partial charge in [-0.2, -0.15) is 0 Å². The Morgan fingerprint density at radius 3 is 1.36 bits per heavy atom. The summed E-state index contributed by atoms with van der Waals surface area (Å²) in [6.07, 6.45) is 10.00. The zero-order valence-electron chi connectivity index (χ0n) is 23.7. The van der Waals surface area contributed by atoms with Gasteiger partial charge >= 0.3 is 21.1 Å². The van der Waals surface area contributed by atoms with Crippen LogP contribution in [0.2, 0.25) is 0 Å². The number of hydrogen-bond acceptors (Lipinski definition) is 7. The summed E-state index contributed by atoms with van der Waals surface area (Å²) in [4.78, 5) is 22.6. The molecule has 0 radical (unpaired) electrons. The maximum atomic E-state index is 6.21. The minimum absolute atomic E-state index is 0. The van der Waals surface area contributed by atoms with Gasteiger partial charge in [-0.05, 0) is 45.0 Å². The Morgan fingerprint density at radius 1 is 0.523 bits per heavy atom. The summed E-state index contributed by atoms with van der Waals surface area (Å²) in [7, 11) is 3.83. The Balaban J connectivity index is 0.00000312. The first-order chi connectivity index (χ1) is 21.1. The van der Waals surface area contributed by atoms with Gasteiger partial charge in [0, 0.05) is 26.8 Å². The van der Waals surface area contributed by atoms with Crippen molar-refractivity contribution in [1.82, 2.24) is 19.1 Å². The first kappa shape index (κ1) is 27.6. The van der Waals surface area contributed by atoms with Crippen LogP contribution in [0.15, 0.2) is 119 Å². The van der Waals surface area contributed by atoms with Crippen molar-refractivity contribution in [2.45, 2.75) is 0 Å². The maximum absolute atomic E-state index is 6.21. The largest absolute Gasteiger partial charge is 2.00 e. The van der Waals surface area contributed by atoms with Crippen LogP contribution in [0.5, 0.6) is 11.8 Å².